The van der Waals surface area contributed by atoms with Crippen molar-refractivity contribution in [3.05, 3.63) is 23.8 Å². The number of ether oxygens (including phenoxy) is 1. The van der Waals surface area contributed by atoms with Gasteiger partial charge in [-0.05, 0) is 37.1 Å². The van der Waals surface area contributed by atoms with Gasteiger partial charge in [-0.25, -0.2) is 0 Å². The first-order valence-electron chi connectivity index (χ1n) is 7.63. The van der Waals surface area contributed by atoms with Gasteiger partial charge in [-0.1, -0.05) is 19.9 Å². The van der Waals surface area contributed by atoms with Crippen molar-refractivity contribution in [1.29, 1.82) is 0 Å². The molecule has 0 bridgehead atoms. The normalized spacial score (nSPS) is 17.5. The molecule has 2 N–H and O–H groups in total. The summed E-state index contributed by atoms with van der Waals surface area (Å²) in [6.45, 7) is 8.10. The molecule has 0 saturated carbocycles. The molecule has 0 saturated heterocycles. The van der Waals surface area contributed by atoms with Crippen LogP contribution in [0.25, 0.3) is 0 Å². The van der Waals surface area contributed by atoms with Crippen LogP contribution >= 0.6 is 0 Å². The quantitative estimate of drug-likeness (QED) is 0.802. The SMILES string of the molecule is CCC1CNc2cc(CCN(CC)CCO)ccc2O1. The Morgan fingerprint density at radius 2 is 2.20 bits per heavy atom. The summed E-state index contributed by atoms with van der Waals surface area (Å²) in [6.07, 6.45) is 2.31. The number of nitrogens with zero attached hydrogens (tertiary/aromatic N) is 1. The first-order chi connectivity index (χ1) is 9.76. The van der Waals surface area contributed by atoms with E-state index >= 15 is 0 Å². The molecular formula is C16H26N2O2. The minimum absolute atomic E-state index is 0.228. The molecular weight excluding hydrogens is 252 g/mol. The molecule has 20 heavy (non-hydrogen) atoms. The van der Waals surface area contributed by atoms with Gasteiger partial charge in [0, 0.05) is 13.1 Å². The van der Waals surface area contributed by atoms with Crippen molar-refractivity contribution < 1.29 is 9.84 Å². The smallest absolute Gasteiger partial charge is 0.142 e. The highest BCUT2D eigenvalue weighted by molar-refractivity contribution is 5.59. The summed E-state index contributed by atoms with van der Waals surface area (Å²) in [6, 6.07) is 6.40. The molecule has 4 nitrogen and oxygen atoms in total. The molecule has 4 heteroatoms. The van der Waals surface area contributed by atoms with Crippen LogP contribution < -0.4 is 10.1 Å². The zero-order valence-electron chi connectivity index (χ0n) is 12.6. The van der Waals surface area contributed by atoms with Crippen molar-refractivity contribution >= 4 is 5.69 Å². The zero-order chi connectivity index (χ0) is 14.4. The van der Waals surface area contributed by atoms with Gasteiger partial charge in [0.15, 0.2) is 0 Å². The topological polar surface area (TPSA) is 44.7 Å². The summed E-state index contributed by atoms with van der Waals surface area (Å²) in [7, 11) is 0. The number of aliphatic hydroxyl groups is 1. The lowest BCUT2D eigenvalue weighted by molar-refractivity contribution is 0.201. The lowest BCUT2D eigenvalue weighted by Gasteiger charge is -2.27. The van der Waals surface area contributed by atoms with E-state index in [0.717, 1.165) is 50.5 Å². The summed E-state index contributed by atoms with van der Waals surface area (Å²) >= 11 is 0. The number of benzene rings is 1. The van der Waals surface area contributed by atoms with Crippen LogP contribution in [0.15, 0.2) is 18.2 Å². The number of anilines is 1. The fourth-order valence-corrected chi connectivity index (χ4v) is 2.50. The molecule has 1 aromatic carbocycles. The first kappa shape index (κ1) is 15.1. The van der Waals surface area contributed by atoms with Crippen LogP contribution in [-0.2, 0) is 6.42 Å². The van der Waals surface area contributed by atoms with Gasteiger partial charge in [0.25, 0.3) is 0 Å². The van der Waals surface area contributed by atoms with Crippen LogP contribution in [0, 0.1) is 0 Å². The molecule has 2 rings (SSSR count). The van der Waals surface area contributed by atoms with Gasteiger partial charge in [0.1, 0.15) is 11.9 Å². The number of fused-ring (bicyclic) bond motifs is 1. The second-order valence-corrected chi connectivity index (χ2v) is 5.27. The Bertz CT molecular complexity index is 423. The number of likely N-dealkylation sites (N-methyl/N-ethyl adjacent to an activating group) is 1. The van der Waals surface area contributed by atoms with Gasteiger partial charge in [-0.15, -0.1) is 0 Å². The molecule has 1 aliphatic rings. The molecule has 0 amide bonds. The van der Waals surface area contributed by atoms with E-state index in [1.54, 1.807) is 0 Å². The second-order valence-electron chi connectivity index (χ2n) is 5.27. The highest BCUT2D eigenvalue weighted by Gasteiger charge is 2.17. The van der Waals surface area contributed by atoms with E-state index in [-0.39, 0.29) is 12.7 Å². The molecule has 0 aromatic heterocycles. The molecule has 112 valence electrons. The average molecular weight is 278 g/mol. The third kappa shape index (κ3) is 3.87. The molecule has 0 spiro atoms. The zero-order valence-corrected chi connectivity index (χ0v) is 12.6. The number of rotatable bonds is 7. The lowest BCUT2D eigenvalue weighted by atomic mass is 10.1. The molecule has 0 radical (unpaired) electrons. The third-order valence-corrected chi connectivity index (χ3v) is 3.89. The molecule has 1 heterocycles. The summed E-state index contributed by atoms with van der Waals surface area (Å²) in [4.78, 5) is 2.26. The van der Waals surface area contributed by atoms with Crippen LogP contribution in [-0.4, -0.2) is 48.9 Å². The Kier molecular flexibility index (Phi) is 5.68. The molecule has 1 aliphatic heterocycles. The maximum atomic E-state index is 9.00. The van der Waals surface area contributed by atoms with E-state index < -0.39 is 0 Å². The largest absolute Gasteiger partial charge is 0.486 e. The van der Waals surface area contributed by atoms with E-state index in [1.807, 2.05) is 0 Å². The fraction of sp³-hybridized carbons (Fsp3) is 0.625. The number of nitrogens with one attached hydrogen (secondary N) is 1. The van der Waals surface area contributed by atoms with Crippen molar-refractivity contribution in [2.45, 2.75) is 32.8 Å². The van der Waals surface area contributed by atoms with Gasteiger partial charge in [-0.2, -0.15) is 0 Å². The van der Waals surface area contributed by atoms with Gasteiger partial charge >= 0.3 is 0 Å². The summed E-state index contributed by atoms with van der Waals surface area (Å²) in [5.74, 6) is 0.967. The maximum absolute atomic E-state index is 9.00. The number of hydrogen-bond donors (Lipinski definition) is 2. The van der Waals surface area contributed by atoms with Crippen molar-refractivity contribution in [3.8, 4) is 5.75 Å². The maximum Gasteiger partial charge on any atom is 0.142 e. The molecule has 1 unspecified atom stereocenters. The summed E-state index contributed by atoms with van der Waals surface area (Å²) < 4.78 is 5.92. The first-order valence-corrected chi connectivity index (χ1v) is 7.63. The molecule has 0 aliphatic carbocycles. The molecule has 0 fully saturated rings. The van der Waals surface area contributed by atoms with Crippen LogP contribution in [0.5, 0.6) is 5.75 Å². The predicted octanol–water partition coefficient (Wildman–Crippen LogP) is 2.13. The van der Waals surface area contributed by atoms with Gasteiger partial charge in [0.05, 0.1) is 18.8 Å². The summed E-state index contributed by atoms with van der Waals surface area (Å²) in [5.41, 5.74) is 2.42. The van der Waals surface area contributed by atoms with Crippen LogP contribution in [0.3, 0.4) is 0 Å². The second kappa shape index (κ2) is 7.50. The van der Waals surface area contributed by atoms with Gasteiger partial charge < -0.3 is 20.1 Å². The highest BCUT2D eigenvalue weighted by atomic mass is 16.5. The Hall–Kier alpha value is -1.26. The fourth-order valence-electron chi connectivity index (χ4n) is 2.50. The van der Waals surface area contributed by atoms with Gasteiger partial charge in [-0.3, -0.25) is 0 Å². The minimum Gasteiger partial charge on any atom is -0.486 e. The van der Waals surface area contributed by atoms with E-state index in [4.69, 9.17) is 9.84 Å². The summed E-state index contributed by atoms with van der Waals surface area (Å²) in [5, 5.41) is 12.5. The van der Waals surface area contributed by atoms with Gasteiger partial charge in [0.2, 0.25) is 0 Å². The monoisotopic (exact) mass is 278 g/mol. The van der Waals surface area contributed by atoms with E-state index in [9.17, 15) is 0 Å². The minimum atomic E-state index is 0.228. The average Bonchev–Trinajstić information content (AvgIpc) is 2.50. The predicted molar refractivity (Wildman–Crippen MR) is 82.5 cm³/mol. The van der Waals surface area contributed by atoms with Crippen molar-refractivity contribution in [1.82, 2.24) is 4.90 Å². The van der Waals surface area contributed by atoms with Crippen molar-refractivity contribution in [2.75, 3.05) is 38.1 Å². The highest BCUT2D eigenvalue weighted by Crippen LogP contribution is 2.30. The lowest BCUT2D eigenvalue weighted by Crippen LogP contribution is -2.30. The Balaban J connectivity index is 1.94. The van der Waals surface area contributed by atoms with E-state index in [0.29, 0.717) is 0 Å². The molecule has 1 atom stereocenters. The van der Waals surface area contributed by atoms with E-state index in [2.05, 4.69) is 42.3 Å². The van der Waals surface area contributed by atoms with Crippen LogP contribution in [0.1, 0.15) is 25.8 Å². The van der Waals surface area contributed by atoms with Crippen molar-refractivity contribution in [3.63, 3.8) is 0 Å². The number of aliphatic hydroxyl groups excluding tert-OH is 1. The van der Waals surface area contributed by atoms with Crippen LogP contribution in [0.2, 0.25) is 0 Å². The third-order valence-electron chi connectivity index (χ3n) is 3.89. The van der Waals surface area contributed by atoms with E-state index in [1.165, 1.54) is 5.56 Å². The number of hydrogen-bond acceptors (Lipinski definition) is 4. The Morgan fingerprint density at radius 1 is 1.35 bits per heavy atom. The Morgan fingerprint density at radius 3 is 2.90 bits per heavy atom. The van der Waals surface area contributed by atoms with Crippen molar-refractivity contribution in [2.24, 2.45) is 0 Å². The molecule has 1 aromatic rings. The Labute approximate surface area is 121 Å². The van der Waals surface area contributed by atoms with Crippen LogP contribution in [0.4, 0.5) is 5.69 Å². The standard InChI is InChI=1S/C16H26N2O2/c1-3-14-12-17-15-11-13(5-6-16(15)20-14)7-8-18(4-2)9-10-19/h5-6,11,14,17,19H,3-4,7-10,12H2,1-2H3.